The van der Waals surface area contributed by atoms with Crippen molar-refractivity contribution in [1.82, 2.24) is 5.32 Å². The van der Waals surface area contributed by atoms with Gasteiger partial charge in [-0.3, -0.25) is 0 Å². The summed E-state index contributed by atoms with van der Waals surface area (Å²) in [5.74, 6) is 1.04. The molecule has 3 nitrogen and oxygen atoms in total. The number of hydrogen-bond donors (Lipinski definition) is 1. The third-order valence-corrected chi connectivity index (χ3v) is 3.74. The molecule has 98 valence electrons. The molecule has 0 bridgehead atoms. The summed E-state index contributed by atoms with van der Waals surface area (Å²) in [6, 6.07) is 6.94. The van der Waals surface area contributed by atoms with Crippen molar-refractivity contribution in [3.05, 3.63) is 29.3 Å². The van der Waals surface area contributed by atoms with Crippen molar-refractivity contribution in [3.8, 4) is 5.75 Å². The van der Waals surface area contributed by atoms with Gasteiger partial charge in [-0.25, -0.2) is 0 Å². The maximum atomic E-state index is 5.88. The Hall–Kier alpha value is -1.06. The van der Waals surface area contributed by atoms with Crippen LogP contribution in [0, 0.1) is 6.92 Å². The van der Waals surface area contributed by atoms with E-state index in [2.05, 4.69) is 30.4 Å². The molecule has 1 aromatic rings. The second kappa shape index (κ2) is 5.29. The molecule has 3 heteroatoms. The molecule has 2 atom stereocenters. The van der Waals surface area contributed by atoms with Gasteiger partial charge in [-0.15, -0.1) is 0 Å². The highest BCUT2D eigenvalue weighted by atomic mass is 16.5. The van der Waals surface area contributed by atoms with E-state index in [9.17, 15) is 0 Å². The van der Waals surface area contributed by atoms with Crippen LogP contribution in [0.25, 0.3) is 0 Å². The third-order valence-electron chi connectivity index (χ3n) is 3.74. The largest absolute Gasteiger partial charge is 0.487 e. The van der Waals surface area contributed by atoms with Crippen molar-refractivity contribution < 1.29 is 9.47 Å². The Morgan fingerprint density at radius 2 is 2.33 bits per heavy atom. The average molecular weight is 247 g/mol. The first kappa shape index (κ1) is 12.0. The van der Waals surface area contributed by atoms with Gasteiger partial charge in [0.15, 0.2) is 0 Å². The van der Waals surface area contributed by atoms with Gasteiger partial charge in [0, 0.05) is 12.5 Å². The summed E-state index contributed by atoms with van der Waals surface area (Å²) in [6.45, 7) is 4.77. The predicted molar refractivity (Wildman–Crippen MR) is 71.1 cm³/mol. The summed E-state index contributed by atoms with van der Waals surface area (Å²) >= 11 is 0. The first-order chi connectivity index (χ1) is 8.81. The van der Waals surface area contributed by atoms with Crippen LogP contribution in [0.5, 0.6) is 5.75 Å². The van der Waals surface area contributed by atoms with Crippen molar-refractivity contribution in [2.24, 2.45) is 0 Å². The lowest BCUT2D eigenvalue weighted by atomic mass is 10.1. The minimum absolute atomic E-state index is 0.197. The normalized spacial score (nSPS) is 26.1. The van der Waals surface area contributed by atoms with E-state index in [0.717, 1.165) is 25.3 Å². The van der Waals surface area contributed by atoms with Gasteiger partial charge in [-0.1, -0.05) is 17.7 Å². The maximum Gasteiger partial charge on any atom is 0.126 e. The van der Waals surface area contributed by atoms with Crippen LogP contribution in [0.1, 0.15) is 24.0 Å². The fraction of sp³-hybridized carbons (Fsp3) is 0.600. The van der Waals surface area contributed by atoms with Crippen molar-refractivity contribution in [2.75, 3.05) is 19.8 Å². The molecule has 18 heavy (non-hydrogen) atoms. The highest BCUT2D eigenvalue weighted by Gasteiger charge is 2.23. The van der Waals surface area contributed by atoms with E-state index >= 15 is 0 Å². The second-order valence-corrected chi connectivity index (χ2v) is 5.39. The molecule has 1 saturated heterocycles. The zero-order valence-corrected chi connectivity index (χ0v) is 10.9. The quantitative estimate of drug-likeness (QED) is 0.883. The first-order valence-corrected chi connectivity index (χ1v) is 6.88. The molecule has 0 spiro atoms. The standard InChI is InChI=1S/C15H21NO2/c1-11-4-5-15-12(7-11)8-14(18-15)10-17-9-13-3-2-6-16-13/h4-5,7,13-14,16H,2-3,6,8-10H2,1H3. The molecule has 1 fully saturated rings. The van der Waals surface area contributed by atoms with Crippen LogP contribution >= 0.6 is 0 Å². The summed E-state index contributed by atoms with van der Waals surface area (Å²) in [6.07, 6.45) is 3.70. The van der Waals surface area contributed by atoms with E-state index < -0.39 is 0 Å². The minimum atomic E-state index is 0.197. The molecule has 1 N–H and O–H groups in total. The molecule has 0 aromatic heterocycles. The Kier molecular flexibility index (Phi) is 3.52. The van der Waals surface area contributed by atoms with Crippen molar-refractivity contribution in [3.63, 3.8) is 0 Å². The van der Waals surface area contributed by atoms with Crippen LogP contribution in [0.15, 0.2) is 18.2 Å². The topological polar surface area (TPSA) is 30.5 Å². The number of aryl methyl sites for hydroxylation is 1. The van der Waals surface area contributed by atoms with Crippen LogP contribution in [0.2, 0.25) is 0 Å². The number of rotatable bonds is 4. The van der Waals surface area contributed by atoms with Crippen LogP contribution < -0.4 is 10.1 Å². The highest BCUT2D eigenvalue weighted by molar-refractivity contribution is 5.40. The smallest absolute Gasteiger partial charge is 0.126 e. The molecule has 0 amide bonds. The molecule has 2 aliphatic rings. The summed E-state index contributed by atoms with van der Waals surface area (Å²) in [5, 5.41) is 3.44. The van der Waals surface area contributed by atoms with E-state index in [4.69, 9.17) is 9.47 Å². The molecule has 3 rings (SSSR count). The molecule has 2 heterocycles. The van der Waals surface area contributed by atoms with Gasteiger partial charge in [0.05, 0.1) is 13.2 Å². The Balaban J connectivity index is 1.46. The van der Waals surface area contributed by atoms with Crippen LogP contribution in [-0.4, -0.2) is 31.9 Å². The molecule has 0 aliphatic carbocycles. The molecule has 0 saturated carbocycles. The number of ether oxygens (including phenoxy) is 2. The average Bonchev–Trinajstić information content (AvgIpc) is 2.97. The van der Waals surface area contributed by atoms with Gasteiger partial charge in [-0.05, 0) is 37.9 Å². The summed E-state index contributed by atoms with van der Waals surface area (Å²) in [7, 11) is 0. The monoisotopic (exact) mass is 247 g/mol. The minimum Gasteiger partial charge on any atom is -0.487 e. The maximum absolute atomic E-state index is 5.88. The van der Waals surface area contributed by atoms with Crippen molar-refractivity contribution in [2.45, 2.75) is 38.3 Å². The van der Waals surface area contributed by atoms with Crippen molar-refractivity contribution in [1.29, 1.82) is 0 Å². The zero-order chi connectivity index (χ0) is 12.4. The second-order valence-electron chi connectivity index (χ2n) is 5.39. The fourth-order valence-corrected chi connectivity index (χ4v) is 2.78. The number of fused-ring (bicyclic) bond motifs is 1. The van der Waals surface area contributed by atoms with Gasteiger partial charge in [0.1, 0.15) is 11.9 Å². The van der Waals surface area contributed by atoms with Gasteiger partial charge in [0.2, 0.25) is 0 Å². The molecular weight excluding hydrogens is 226 g/mol. The molecule has 2 unspecified atom stereocenters. The fourth-order valence-electron chi connectivity index (χ4n) is 2.78. The summed E-state index contributed by atoms with van der Waals surface area (Å²) < 4.78 is 11.7. The lowest BCUT2D eigenvalue weighted by Gasteiger charge is -2.14. The molecule has 1 aromatic carbocycles. The lowest BCUT2D eigenvalue weighted by molar-refractivity contribution is 0.0510. The predicted octanol–water partition coefficient (Wildman–Crippen LogP) is 2.07. The zero-order valence-electron chi connectivity index (χ0n) is 10.9. The highest BCUT2D eigenvalue weighted by Crippen LogP contribution is 2.29. The van der Waals surface area contributed by atoms with Crippen LogP contribution in [0.3, 0.4) is 0 Å². The van der Waals surface area contributed by atoms with Crippen LogP contribution in [0.4, 0.5) is 0 Å². The Morgan fingerprint density at radius 3 is 3.17 bits per heavy atom. The number of hydrogen-bond acceptors (Lipinski definition) is 3. The van der Waals surface area contributed by atoms with Gasteiger partial charge < -0.3 is 14.8 Å². The molecule has 2 aliphatic heterocycles. The van der Waals surface area contributed by atoms with Gasteiger partial charge in [0.25, 0.3) is 0 Å². The van der Waals surface area contributed by atoms with Crippen molar-refractivity contribution >= 4 is 0 Å². The molecular formula is C15H21NO2. The number of nitrogens with one attached hydrogen (secondary N) is 1. The van der Waals surface area contributed by atoms with E-state index in [0.29, 0.717) is 12.6 Å². The first-order valence-electron chi connectivity index (χ1n) is 6.88. The van der Waals surface area contributed by atoms with E-state index in [1.807, 2.05) is 0 Å². The Bertz CT molecular complexity index is 413. The summed E-state index contributed by atoms with van der Waals surface area (Å²) in [4.78, 5) is 0. The van der Waals surface area contributed by atoms with E-state index in [-0.39, 0.29) is 6.10 Å². The SMILES string of the molecule is Cc1ccc2c(c1)CC(COCC1CCCN1)O2. The van der Waals surface area contributed by atoms with Gasteiger partial charge >= 0.3 is 0 Å². The van der Waals surface area contributed by atoms with E-state index in [1.54, 1.807) is 0 Å². The Morgan fingerprint density at radius 1 is 1.39 bits per heavy atom. The van der Waals surface area contributed by atoms with E-state index in [1.165, 1.54) is 24.0 Å². The third kappa shape index (κ3) is 2.68. The molecule has 0 radical (unpaired) electrons. The Labute approximate surface area is 108 Å². The van der Waals surface area contributed by atoms with Gasteiger partial charge in [-0.2, -0.15) is 0 Å². The number of benzene rings is 1. The summed E-state index contributed by atoms with van der Waals surface area (Å²) in [5.41, 5.74) is 2.62. The lowest BCUT2D eigenvalue weighted by Crippen LogP contribution is -2.29. The van der Waals surface area contributed by atoms with Crippen LogP contribution in [-0.2, 0) is 11.2 Å².